The molecule has 15 heavy (non-hydrogen) atoms. The van der Waals surface area contributed by atoms with Crippen molar-refractivity contribution in [1.29, 1.82) is 0 Å². The molecule has 1 atom stereocenters. The van der Waals surface area contributed by atoms with E-state index in [2.05, 4.69) is 29.8 Å². The normalized spacial score (nSPS) is 13.0. The van der Waals surface area contributed by atoms with Gasteiger partial charge in [-0.3, -0.25) is 4.68 Å². The third-order valence-corrected chi connectivity index (χ3v) is 3.22. The van der Waals surface area contributed by atoms with Crippen molar-refractivity contribution < 1.29 is 0 Å². The molecule has 1 rings (SSSR count). The van der Waals surface area contributed by atoms with Gasteiger partial charge >= 0.3 is 0 Å². The number of likely N-dealkylation sites (N-methyl/N-ethyl adjacent to an activating group) is 1. The minimum absolute atomic E-state index is 0.576. The number of hydrogen-bond acceptors (Lipinski definition) is 3. The van der Waals surface area contributed by atoms with Gasteiger partial charge in [-0.25, -0.2) is 0 Å². The van der Waals surface area contributed by atoms with Crippen LogP contribution in [0.3, 0.4) is 0 Å². The summed E-state index contributed by atoms with van der Waals surface area (Å²) in [4.78, 5) is 0. The molecule has 0 saturated heterocycles. The number of aromatic nitrogens is 2. The summed E-state index contributed by atoms with van der Waals surface area (Å²) in [6, 6.07) is 0.576. The molecule has 3 nitrogen and oxygen atoms in total. The number of aryl methyl sites for hydroxylation is 1. The van der Waals surface area contributed by atoms with Crippen LogP contribution < -0.4 is 5.32 Å². The molecule has 0 aliphatic rings. The molecular weight excluding hydrogens is 206 g/mol. The lowest BCUT2D eigenvalue weighted by Crippen LogP contribution is -2.28. The van der Waals surface area contributed by atoms with Crippen molar-refractivity contribution in [3.05, 3.63) is 18.0 Å². The third kappa shape index (κ3) is 4.26. The molecule has 0 bridgehead atoms. The van der Waals surface area contributed by atoms with Crippen molar-refractivity contribution in [1.82, 2.24) is 15.1 Å². The summed E-state index contributed by atoms with van der Waals surface area (Å²) in [7, 11) is 2.04. The van der Waals surface area contributed by atoms with Crippen molar-refractivity contribution in [2.24, 2.45) is 0 Å². The average Bonchev–Trinajstić information content (AvgIpc) is 2.71. The lowest BCUT2D eigenvalue weighted by molar-refractivity contribution is 0.546. The van der Waals surface area contributed by atoms with Crippen molar-refractivity contribution in [3.8, 4) is 0 Å². The maximum absolute atomic E-state index is 4.29. The first-order valence-electron chi connectivity index (χ1n) is 5.47. The Morgan fingerprint density at radius 3 is 2.93 bits per heavy atom. The Hall–Kier alpha value is -0.480. The summed E-state index contributed by atoms with van der Waals surface area (Å²) in [5.41, 5.74) is 1.33. The molecule has 0 aliphatic carbocycles. The van der Waals surface area contributed by atoms with Crippen LogP contribution in [0.25, 0.3) is 0 Å². The smallest absolute Gasteiger partial charge is 0.0522 e. The highest BCUT2D eigenvalue weighted by Crippen LogP contribution is 2.07. The van der Waals surface area contributed by atoms with Gasteiger partial charge in [0.05, 0.1) is 6.20 Å². The molecule has 0 saturated carbocycles. The van der Waals surface area contributed by atoms with E-state index in [0.29, 0.717) is 6.04 Å². The monoisotopic (exact) mass is 227 g/mol. The van der Waals surface area contributed by atoms with Gasteiger partial charge in [0.25, 0.3) is 0 Å². The molecule has 1 unspecified atom stereocenters. The van der Waals surface area contributed by atoms with Crippen LogP contribution in [-0.4, -0.2) is 34.9 Å². The van der Waals surface area contributed by atoms with Gasteiger partial charge in [0.1, 0.15) is 0 Å². The molecule has 1 N–H and O–H groups in total. The Morgan fingerprint density at radius 1 is 1.60 bits per heavy atom. The van der Waals surface area contributed by atoms with Gasteiger partial charge in [-0.05, 0) is 44.4 Å². The zero-order chi connectivity index (χ0) is 11.1. The van der Waals surface area contributed by atoms with E-state index >= 15 is 0 Å². The highest BCUT2D eigenvalue weighted by Gasteiger charge is 2.08. The number of thioether (sulfide) groups is 1. The Kier molecular flexibility index (Phi) is 5.79. The highest BCUT2D eigenvalue weighted by molar-refractivity contribution is 7.98. The zero-order valence-electron chi connectivity index (χ0n) is 9.86. The Balaban J connectivity index is 2.43. The molecule has 1 heterocycles. The Bertz CT molecular complexity index is 273. The second-order valence-electron chi connectivity index (χ2n) is 3.68. The minimum Gasteiger partial charge on any atom is -0.317 e. The van der Waals surface area contributed by atoms with Gasteiger partial charge in [-0.1, -0.05) is 0 Å². The maximum atomic E-state index is 4.29. The van der Waals surface area contributed by atoms with Crippen LogP contribution >= 0.6 is 11.8 Å². The first kappa shape index (κ1) is 12.6. The molecule has 1 aromatic rings. The molecule has 1 aromatic heterocycles. The minimum atomic E-state index is 0.576. The van der Waals surface area contributed by atoms with Gasteiger partial charge in [0.2, 0.25) is 0 Å². The zero-order valence-corrected chi connectivity index (χ0v) is 10.7. The summed E-state index contributed by atoms with van der Waals surface area (Å²) in [6.45, 7) is 3.06. The van der Waals surface area contributed by atoms with Gasteiger partial charge in [0.15, 0.2) is 0 Å². The third-order valence-electron chi connectivity index (χ3n) is 2.57. The molecule has 0 aliphatic heterocycles. The van der Waals surface area contributed by atoms with Crippen molar-refractivity contribution >= 4 is 11.8 Å². The topological polar surface area (TPSA) is 29.9 Å². The fourth-order valence-electron chi connectivity index (χ4n) is 1.58. The number of rotatable bonds is 7. The van der Waals surface area contributed by atoms with Crippen LogP contribution in [0.2, 0.25) is 0 Å². The van der Waals surface area contributed by atoms with Crippen LogP contribution in [0.5, 0.6) is 0 Å². The number of nitrogens with zero attached hydrogens (tertiary/aromatic N) is 2. The second-order valence-corrected chi connectivity index (χ2v) is 4.66. The second kappa shape index (κ2) is 6.90. The molecule has 0 fully saturated rings. The van der Waals surface area contributed by atoms with Crippen LogP contribution in [0.4, 0.5) is 0 Å². The fourth-order valence-corrected chi connectivity index (χ4v) is 2.10. The molecule has 0 amide bonds. The first-order chi connectivity index (χ1) is 7.30. The van der Waals surface area contributed by atoms with E-state index in [0.717, 1.165) is 13.0 Å². The summed E-state index contributed by atoms with van der Waals surface area (Å²) in [5.74, 6) is 1.22. The van der Waals surface area contributed by atoms with Crippen molar-refractivity contribution in [3.63, 3.8) is 0 Å². The van der Waals surface area contributed by atoms with Crippen LogP contribution in [0, 0.1) is 0 Å². The first-order valence-corrected chi connectivity index (χ1v) is 6.87. The fraction of sp³-hybridized carbons (Fsp3) is 0.727. The Labute approximate surface area is 96.6 Å². The lowest BCUT2D eigenvalue weighted by Gasteiger charge is -2.14. The van der Waals surface area contributed by atoms with E-state index in [1.165, 1.54) is 17.7 Å². The van der Waals surface area contributed by atoms with Gasteiger partial charge in [0, 0.05) is 18.8 Å². The molecule has 4 heteroatoms. The van der Waals surface area contributed by atoms with E-state index in [1.54, 1.807) is 0 Å². The number of nitrogens with one attached hydrogen (secondary N) is 1. The van der Waals surface area contributed by atoms with Crippen LogP contribution in [0.1, 0.15) is 18.9 Å². The SMILES string of the molecule is CCn1cc(CC(CCSC)NC)cn1. The van der Waals surface area contributed by atoms with E-state index in [4.69, 9.17) is 0 Å². The molecule has 0 aromatic carbocycles. The van der Waals surface area contributed by atoms with E-state index in [9.17, 15) is 0 Å². The van der Waals surface area contributed by atoms with E-state index in [-0.39, 0.29) is 0 Å². The van der Waals surface area contributed by atoms with Crippen LogP contribution in [-0.2, 0) is 13.0 Å². The van der Waals surface area contributed by atoms with Crippen LogP contribution in [0.15, 0.2) is 12.4 Å². The molecule has 86 valence electrons. The largest absolute Gasteiger partial charge is 0.317 e. The maximum Gasteiger partial charge on any atom is 0.0522 e. The van der Waals surface area contributed by atoms with Gasteiger partial charge in [-0.2, -0.15) is 16.9 Å². The van der Waals surface area contributed by atoms with E-state index in [1.807, 2.05) is 29.7 Å². The van der Waals surface area contributed by atoms with Crippen molar-refractivity contribution in [2.75, 3.05) is 19.1 Å². The highest BCUT2D eigenvalue weighted by atomic mass is 32.2. The quantitative estimate of drug-likeness (QED) is 0.770. The van der Waals surface area contributed by atoms with Gasteiger partial charge < -0.3 is 5.32 Å². The summed E-state index contributed by atoms with van der Waals surface area (Å²) in [5, 5.41) is 7.65. The lowest BCUT2D eigenvalue weighted by atomic mass is 10.1. The van der Waals surface area contributed by atoms with Crippen molar-refractivity contribution in [2.45, 2.75) is 32.4 Å². The average molecular weight is 227 g/mol. The summed E-state index contributed by atoms with van der Waals surface area (Å²) < 4.78 is 1.98. The van der Waals surface area contributed by atoms with E-state index < -0.39 is 0 Å². The number of hydrogen-bond donors (Lipinski definition) is 1. The molecule has 0 spiro atoms. The predicted molar refractivity (Wildman–Crippen MR) is 67.5 cm³/mol. The molecular formula is C11H21N3S. The Morgan fingerprint density at radius 2 is 2.40 bits per heavy atom. The standard InChI is InChI=1S/C11H21N3S/c1-4-14-9-10(8-13-14)7-11(12-2)5-6-15-3/h8-9,11-12H,4-7H2,1-3H3. The van der Waals surface area contributed by atoms with Gasteiger partial charge in [-0.15, -0.1) is 0 Å². The predicted octanol–water partition coefficient (Wildman–Crippen LogP) is 1.79. The summed E-state index contributed by atoms with van der Waals surface area (Å²) in [6.07, 6.45) is 8.57. The molecule has 0 radical (unpaired) electrons. The summed E-state index contributed by atoms with van der Waals surface area (Å²) >= 11 is 1.90.